The first-order valence-corrected chi connectivity index (χ1v) is 9.19. The van der Waals surface area contributed by atoms with Crippen molar-refractivity contribution in [2.24, 2.45) is 10.7 Å². The summed E-state index contributed by atoms with van der Waals surface area (Å²) in [5.74, 6) is 0.424. The highest BCUT2D eigenvalue weighted by Gasteiger charge is 2.21. The molecule has 0 saturated heterocycles. The summed E-state index contributed by atoms with van der Waals surface area (Å²) in [6.45, 7) is 0.876. The number of para-hydroxylation sites is 1. The normalized spacial score (nSPS) is 19.5. The SMILES string of the molecule is NC(=NCC(=O)N1CCCc2ccccc21)NC1CCCCCC1. The van der Waals surface area contributed by atoms with Crippen molar-refractivity contribution in [1.82, 2.24) is 5.32 Å². The molecule has 3 N–H and O–H groups in total. The van der Waals surface area contributed by atoms with Crippen LogP contribution >= 0.6 is 0 Å². The number of amides is 1. The fraction of sp³-hybridized carbons (Fsp3) is 0.579. The van der Waals surface area contributed by atoms with Crippen molar-refractivity contribution >= 4 is 17.6 Å². The van der Waals surface area contributed by atoms with Crippen molar-refractivity contribution in [3.63, 3.8) is 0 Å². The number of carbonyl (C=O) groups is 1. The number of anilines is 1. The number of carbonyl (C=O) groups excluding carboxylic acids is 1. The molecule has 0 spiro atoms. The minimum atomic E-state index is 0.0211. The summed E-state index contributed by atoms with van der Waals surface area (Å²) in [5, 5.41) is 3.29. The van der Waals surface area contributed by atoms with Crippen LogP contribution in [-0.4, -0.2) is 31.0 Å². The number of hydrogen-bond donors (Lipinski definition) is 2. The van der Waals surface area contributed by atoms with Gasteiger partial charge in [0.05, 0.1) is 0 Å². The van der Waals surface area contributed by atoms with Gasteiger partial charge in [-0.05, 0) is 37.3 Å². The molecule has 1 aliphatic heterocycles. The highest BCUT2D eigenvalue weighted by Crippen LogP contribution is 2.26. The second-order valence-corrected chi connectivity index (χ2v) is 6.81. The van der Waals surface area contributed by atoms with E-state index in [1.807, 2.05) is 23.1 Å². The molecule has 1 aliphatic carbocycles. The Labute approximate surface area is 144 Å². The molecule has 1 amide bonds. The van der Waals surface area contributed by atoms with Crippen LogP contribution in [0.15, 0.2) is 29.3 Å². The van der Waals surface area contributed by atoms with Gasteiger partial charge >= 0.3 is 0 Å². The van der Waals surface area contributed by atoms with Crippen LogP contribution in [0.4, 0.5) is 5.69 Å². The van der Waals surface area contributed by atoms with Gasteiger partial charge in [0, 0.05) is 18.3 Å². The maximum absolute atomic E-state index is 12.5. The van der Waals surface area contributed by atoms with E-state index in [2.05, 4.69) is 16.4 Å². The van der Waals surface area contributed by atoms with Crippen molar-refractivity contribution in [3.8, 4) is 0 Å². The molecule has 1 aromatic carbocycles. The minimum Gasteiger partial charge on any atom is -0.370 e. The number of benzene rings is 1. The Balaban J connectivity index is 1.57. The van der Waals surface area contributed by atoms with E-state index < -0.39 is 0 Å². The molecule has 3 rings (SSSR count). The molecule has 24 heavy (non-hydrogen) atoms. The Morgan fingerprint density at radius 2 is 1.92 bits per heavy atom. The highest BCUT2D eigenvalue weighted by atomic mass is 16.2. The third kappa shape index (κ3) is 4.28. The number of fused-ring (bicyclic) bond motifs is 1. The third-order valence-corrected chi connectivity index (χ3v) is 5.00. The molecule has 0 radical (unpaired) electrons. The van der Waals surface area contributed by atoms with Crippen molar-refractivity contribution in [1.29, 1.82) is 0 Å². The third-order valence-electron chi connectivity index (χ3n) is 5.00. The molecular formula is C19H28N4O. The molecule has 2 aliphatic rings. The number of aryl methyl sites for hydroxylation is 1. The highest BCUT2D eigenvalue weighted by molar-refractivity contribution is 5.97. The second-order valence-electron chi connectivity index (χ2n) is 6.81. The molecule has 1 fully saturated rings. The molecule has 0 bridgehead atoms. The Morgan fingerprint density at radius 3 is 2.71 bits per heavy atom. The van der Waals surface area contributed by atoms with Gasteiger partial charge in [0.15, 0.2) is 5.96 Å². The molecule has 0 atom stereocenters. The van der Waals surface area contributed by atoms with Crippen molar-refractivity contribution < 1.29 is 4.79 Å². The van der Waals surface area contributed by atoms with E-state index in [0.29, 0.717) is 12.0 Å². The van der Waals surface area contributed by atoms with E-state index >= 15 is 0 Å². The lowest BCUT2D eigenvalue weighted by atomic mass is 10.0. The number of aliphatic imine (C=N–C) groups is 1. The predicted octanol–water partition coefficient (Wildman–Crippen LogP) is 2.59. The first-order valence-electron chi connectivity index (χ1n) is 9.19. The van der Waals surface area contributed by atoms with Gasteiger partial charge in [0.2, 0.25) is 5.91 Å². The van der Waals surface area contributed by atoms with Crippen molar-refractivity contribution in [2.75, 3.05) is 18.0 Å². The number of guanidine groups is 1. The number of nitrogens with zero attached hydrogens (tertiary/aromatic N) is 2. The lowest BCUT2D eigenvalue weighted by molar-refractivity contribution is -0.117. The zero-order valence-electron chi connectivity index (χ0n) is 14.3. The van der Waals surface area contributed by atoms with Crippen LogP contribution in [0.3, 0.4) is 0 Å². The summed E-state index contributed by atoms with van der Waals surface area (Å²) < 4.78 is 0. The molecule has 130 valence electrons. The lowest BCUT2D eigenvalue weighted by Gasteiger charge is -2.29. The van der Waals surface area contributed by atoms with E-state index in [1.165, 1.54) is 31.2 Å². The maximum Gasteiger partial charge on any atom is 0.248 e. The molecule has 1 heterocycles. The van der Waals surface area contributed by atoms with Crippen LogP contribution in [0.1, 0.15) is 50.5 Å². The van der Waals surface area contributed by atoms with Gasteiger partial charge in [0.25, 0.3) is 0 Å². The molecular weight excluding hydrogens is 300 g/mol. The number of rotatable bonds is 3. The van der Waals surface area contributed by atoms with Crippen molar-refractivity contribution in [2.45, 2.75) is 57.4 Å². The van der Waals surface area contributed by atoms with E-state index in [-0.39, 0.29) is 12.5 Å². The van der Waals surface area contributed by atoms with E-state index in [0.717, 1.165) is 37.9 Å². The fourth-order valence-corrected chi connectivity index (χ4v) is 3.71. The molecule has 0 unspecified atom stereocenters. The maximum atomic E-state index is 12.5. The van der Waals surface area contributed by atoms with Gasteiger partial charge in [-0.2, -0.15) is 0 Å². The van der Waals surface area contributed by atoms with Gasteiger partial charge in [-0.3, -0.25) is 4.79 Å². The van der Waals surface area contributed by atoms with Gasteiger partial charge in [0.1, 0.15) is 6.54 Å². The Morgan fingerprint density at radius 1 is 1.17 bits per heavy atom. The summed E-state index contributed by atoms with van der Waals surface area (Å²) in [5.41, 5.74) is 8.26. The first kappa shape index (κ1) is 16.8. The van der Waals surface area contributed by atoms with E-state index in [4.69, 9.17) is 5.73 Å². The topological polar surface area (TPSA) is 70.7 Å². The summed E-state index contributed by atoms with van der Waals surface area (Å²) >= 11 is 0. The van der Waals surface area contributed by atoms with Crippen LogP contribution in [-0.2, 0) is 11.2 Å². The van der Waals surface area contributed by atoms with Crippen LogP contribution in [0, 0.1) is 0 Å². The standard InChI is InChI=1S/C19H28N4O/c20-19(22-16-10-3-1-2-4-11-16)21-14-18(24)23-13-7-9-15-8-5-6-12-17(15)23/h5-6,8,12,16H,1-4,7,9-11,13-14H2,(H3,20,21,22). The van der Waals surface area contributed by atoms with Crippen LogP contribution in [0.5, 0.6) is 0 Å². The van der Waals surface area contributed by atoms with E-state index in [1.54, 1.807) is 0 Å². The number of hydrogen-bond acceptors (Lipinski definition) is 2. The molecule has 0 aromatic heterocycles. The number of nitrogens with one attached hydrogen (secondary N) is 1. The van der Waals surface area contributed by atoms with Gasteiger partial charge in [-0.15, -0.1) is 0 Å². The molecule has 1 aromatic rings. The quantitative estimate of drug-likeness (QED) is 0.509. The van der Waals surface area contributed by atoms with Crippen LogP contribution in [0.25, 0.3) is 0 Å². The zero-order chi connectivity index (χ0) is 16.8. The summed E-state index contributed by atoms with van der Waals surface area (Å²) in [7, 11) is 0. The minimum absolute atomic E-state index is 0.0211. The largest absolute Gasteiger partial charge is 0.370 e. The Bertz CT molecular complexity index is 591. The van der Waals surface area contributed by atoms with E-state index in [9.17, 15) is 4.79 Å². The fourth-order valence-electron chi connectivity index (χ4n) is 3.71. The molecule has 5 nitrogen and oxygen atoms in total. The van der Waals surface area contributed by atoms with Crippen LogP contribution in [0.2, 0.25) is 0 Å². The van der Waals surface area contributed by atoms with Crippen molar-refractivity contribution in [3.05, 3.63) is 29.8 Å². The number of nitrogens with two attached hydrogens (primary N) is 1. The Kier molecular flexibility index (Phi) is 5.72. The van der Waals surface area contributed by atoms with Crippen LogP contribution < -0.4 is 16.0 Å². The lowest BCUT2D eigenvalue weighted by Crippen LogP contribution is -2.41. The van der Waals surface area contributed by atoms with Gasteiger partial charge < -0.3 is 16.0 Å². The Hall–Kier alpha value is -2.04. The average Bonchev–Trinajstić information content (AvgIpc) is 2.88. The second kappa shape index (κ2) is 8.18. The summed E-state index contributed by atoms with van der Waals surface area (Å²) in [6.07, 6.45) is 9.43. The van der Waals surface area contributed by atoms with Gasteiger partial charge in [-0.1, -0.05) is 43.9 Å². The smallest absolute Gasteiger partial charge is 0.248 e. The monoisotopic (exact) mass is 328 g/mol. The predicted molar refractivity (Wildman–Crippen MR) is 98.2 cm³/mol. The first-order chi connectivity index (χ1) is 11.7. The van der Waals surface area contributed by atoms with Gasteiger partial charge in [-0.25, -0.2) is 4.99 Å². The molecule has 5 heteroatoms. The molecule has 1 saturated carbocycles. The zero-order valence-corrected chi connectivity index (χ0v) is 14.3. The summed E-state index contributed by atoms with van der Waals surface area (Å²) in [4.78, 5) is 18.7. The average molecular weight is 328 g/mol. The summed E-state index contributed by atoms with van der Waals surface area (Å²) in [6, 6.07) is 8.53.